The molecule has 4 rings (SSSR count). The smallest absolute Gasteiger partial charge is 0.465 e. The first-order chi connectivity index (χ1) is 17.1. The summed E-state index contributed by atoms with van der Waals surface area (Å²) < 4.78 is 60.0. The summed E-state index contributed by atoms with van der Waals surface area (Å²) in [5, 5.41) is 2.59. The van der Waals surface area contributed by atoms with Crippen LogP contribution in [0.2, 0.25) is 0 Å². The van der Waals surface area contributed by atoms with Gasteiger partial charge in [0.15, 0.2) is 0 Å². The van der Waals surface area contributed by atoms with E-state index in [1.54, 1.807) is 0 Å². The van der Waals surface area contributed by atoms with Crippen molar-refractivity contribution in [3.63, 3.8) is 0 Å². The van der Waals surface area contributed by atoms with Gasteiger partial charge in [0.2, 0.25) is 0 Å². The van der Waals surface area contributed by atoms with Gasteiger partial charge in [-0.3, -0.25) is 4.79 Å². The number of ether oxygens (including phenoxy) is 2. The van der Waals surface area contributed by atoms with Crippen molar-refractivity contribution in [3.8, 4) is 16.9 Å². The second-order valence-corrected chi connectivity index (χ2v) is 8.04. The van der Waals surface area contributed by atoms with Crippen molar-refractivity contribution >= 4 is 23.4 Å². The van der Waals surface area contributed by atoms with Crippen molar-refractivity contribution in [1.82, 2.24) is 4.98 Å². The Morgan fingerprint density at radius 3 is 2.33 bits per heavy atom. The van der Waals surface area contributed by atoms with Crippen molar-refractivity contribution in [3.05, 3.63) is 71.7 Å². The van der Waals surface area contributed by atoms with E-state index < -0.39 is 29.8 Å². The maximum Gasteiger partial charge on any atom is 0.573 e. The van der Waals surface area contributed by atoms with Gasteiger partial charge in [-0.05, 0) is 66.9 Å². The van der Waals surface area contributed by atoms with Crippen LogP contribution in [0.5, 0.6) is 5.75 Å². The number of aromatic nitrogens is 1. The van der Waals surface area contributed by atoms with Crippen molar-refractivity contribution in [1.29, 1.82) is 0 Å². The van der Waals surface area contributed by atoms with Crippen LogP contribution in [-0.2, 0) is 4.74 Å². The lowest BCUT2D eigenvalue weighted by molar-refractivity contribution is -0.274. The number of pyridine rings is 1. The number of hydrogen-bond acceptors (Lipinski definition) is 6. The van der Waals surface area contributed by atoms with Gasteiger partial charge >= 0.3 is 12.3 Å². The van der Waals surface area contributed by atoms with E-state index in [4.69, 9.17) is 4.74 Å². The van der Waals surface area contributed by atoms with E-state index in [0.717, 1.165) is 44.1 Å². The molecule has 0 saturated carbocycles. The Morgan fingerprint density at radius 2 is 1.69 bits per heavy atom. The lowest BCUT2D eigenvalue weighted by atomic mass is 10.0. The molecular formula is C25H21F4N3O4. The van der Waals surface area contributed by atoms with E-state index in [2.05, 4.69) is 15.0 Å². The van der Waals surface area contributed by atoms with E-state index in [1.807, 2.05) is 4.90 Å². The van der Waals surface area contributed by atoms with Gasteiger partial charge in [0.1, 0.15) is 17.4 Å². The number of nitrogens with one attached hydrogen (secondary N) is 1. The van der Waals surface area contributed by atoms with Crippen molar-refractivity contribution in [2.24, 2.45) is 0 Å². The number of alkyl halides is 3. The van der Waals surface area contributed by atoms with Crippen LogP contribution in [0.4, 0.5) is 29.1 Å². The third kappa shape index (κ3) is 5.91. The Morgan fingerprint density at radius 1 is 1.00 bits per heavy atom. The molecule has 11 heteroatoms. The minimum atomic E-state index is -4.82. The molecule has 0 aliphatic carbocycles. The van der Waals surface area contributed by atoms with Crippen LogP contribution in [0.3, 0.4) is 0 Å². The molecular weight excluding hydrogens is 482 g/mol. The first kappa shape index (κ1) is 25.0. The second-order valence-electron chi connectivity index (χ2n) is 8.04. The number of nitrogens with zero attached hydrogens (tertiary/aromatic N) is 2. The van der Waals surface area contributed by atoms with Gasteiger partial charge in [0.25, 0.3) is 5.91 Å². The summed E-state index contributed by atoms with van der Waals surface area (Å²) in [5.74, 6) is -1.83. The van der Waals surface area contributed by atoms with Gasteiger partial charge < -0.3 is 19.7 Å². The first-order valence-electron chi connectivity index (χ1n) is 10.9. The zero-order chi connectivity index (χ0) is 25.9. The number of carbonyl (C=O) groups is 2. The van der Waals surface area contributed by atoms with Crippen LogP contribution in [-0.4, -0.2) is 43.4 Å². The molecule has 3 aromatic rings. The van der Waals surface area contributed by atoms with E-state index in [0.29, 0.717) is 16.9 Å². The summed E-state index contributed by atoms with van der Waals surface area (Å²) in [6.07, 6.45) is -1.55. The average Bonchev–Trinajstić information content (AvgIpc) is 3.38. The molecule has 1 amide bonds. The summed E-state index contributed by atoms with van der Waals surface area (Å²) in [6, 6.07) is 9.97. The Labute approximate surface area is 203 Å². The van der Waals surface area contributed by atoms with E-state index >= 15 is 0 Å². The summed E-state index contributed by atoms with van der Waals surface area (Å²) in [7, 11) is 1.19. The molecule has 188 valence electrons. The van der Waals surface area contributed by atoms with Gasteiger partial charge in [-0.2, -0.15) is 0 Å². The molecule has 0 spiro atoms. The van der Waals surface area contributed by atoms with Crippen molar-refractivity contribution in [2.75, 3.05) is 30.4 Å². The van der Waals surface area contributed by atoms with Gasteiger partial charge in [0, 0.05) is 30.5 Å². The molecule has 0 atom stereocenters. The molecule has 36 heavy (non-hydrogen) atoms. The van der Waals surface area contributed by atoms with Crippen LogP contribution in [0.1, 0.15) is 33.6 Å². The number of methoxy groups -OCH3 is 1. The quantitative estimate of drug-likeness (QED) is 0.357. The number of esters is 1. The zero-order valence-electron chi connectivity index (χ0n) is 19.1. The summed E-state index contributed by atoms with van der Waals surface area (Å²) in [6.45, 7) is 1.47. The van der Waals surface area contributed by atoms with Crippen molar-refractivity contribution < 1.29 is 36.6 Å². The number of hydrogen-bond donors (Lipinski definition) is 1. The molecule has 1 aliphatic rings. The molecule has 1 aliphatic heterocycles. The van der Waals surface area contributed by atoms with Crippen LogP contribution in [0.15, 0.2) is 54.7 Å². The Bertz CT molecular complexity index is 1270. The van der Waals surface area contributed by atoms with Crippen LogP contribution in [0.25, 0.3) is 11.1 Å². The van der Waals surface area contributed by atoms with Crippen LogP contribution >= 0.6 is 0 Å². The highest BCUT2D eigenvalue weighted by Crippen LogP contribution is 2.33. The third-order valence-electron chi connectivity index (χ3n) is 5.51. The molecule has 1 fully saturated rings. The number of halogens is 4. The topological polar surface area (TPSA) is 80.8 Å². The number of carbonyl (C=O) groups excluding carboxylic acids is 2. The lowest BCUT2D eigenvalue weighted by Gasteiger charge is -2.21. The van der Waals surface area contributed by atoms with Crippen LogP contribution in [0, 0.1) is 5.82 Å². The third-order valence-corrected chi connectivity index (χ3v) is 5.51. The van der Waals surface area contributed by atoms with E-state index in [9.17, 15) is 27.2 Å². The molecule has 7 nitrogen and oxygen atoms in total. The zero-order valence-corrected chi connectivity index (χ0v) is 19.1. The predicted molar refractivity (Wildman–Crippen MR) is 123 cm³/mol. The van der Waals surface area contributed by atoms with Gasteiger partial charge in [-0.15, -0.1) is 13.2 Å². The highest BCUT2D eigenvalue weighted by atomic mass is 19.4. The Balaban J connectivity index is 1.66. The molecule has 0 radical (unpaired) electrons. The largest absolute Gasteiger partial charge is 0.573 e. The monoisotopic (exact) mass is 503 g/mol. The normalized spacial score (nSPS) is 13.4. The minimum Gasteiger partial charge on any atom is -0.465 e. The number of anilines is 2. The summed E-state index contributed by atoms with van der Waals surface area (Å²) in [4.78, 5) is 31.4. The minimum absolute atomic E-state index is 0.0101. The maximum absolute atomic E-state index is 14.4. The van der Waals surface area contributed by atoms with E-state index in [1.165, 1.54) is 43.6 Å². The highest BCUT2D eigenvalue weighted by molar-refractivity contribution is 6.05. The molecule has 1 saturated heterocycles. The summed E-state index contributed by atoms with van der Waals surface area (Å²) >= 11 is 0. The Hall–Kier alpha value is -4.15. The standard InChI is InChI=1S/C25H21F4N3O4/c1-35-24(34)16-10-15(11-18(26)12-16)21-13-17(14-30-22(21)32-8-2-3-9-32)23(33)31-19-4-6-20(7-5-19)36-25(27,28)29/h4-7,10-14H,2-3,8-9H2,1H3,(H,31,33). The van der Waals surface area contributed by atoms with Crippen molar-refractivity contribution in [2.45, 2.75) is 19.2 Å². The second kappa shape index (κ2) is 10.2. The number of benzene rings is 2. The molecule has 2 heterocycles. The van der Waals surface area contributed by atoms with Gasteiger partial charge in [-0.1, -0.05) is 0 Å². The maximum atomic E-state index is 14.4. The molecule has 2 aromatic carbocycles. The molecule has 1 N–H and O–H groups in total. The lowest BCUT2D eigenvalue weighted by Crippen LogP contribution is -2.21. The van der Waals surface area contributed by atoms with Crippen LogP contribution < -0.4 is 15.0 Å². The van der Waals surface area contributed by atoms with E-state index in [-0.39, 0.29) is 16.8 Å². The summed E-state index contributed by atoms with van der Waals surface area (Å²) in [5.41, 5.74) is 1.16. The highest BCUT2D eigenvalue weighted by Gasteiger charge is 2.31. The predicted octanol–water partition coefficient (Wildman–Crippen LogP) is 5.43. The number of amides is 1. The average molecular weight is 503 g/mol. The molecule has 1 aromatic heterocycles. The molecule has 0 bridgehead atoms. The SMILES string of the molecule is COC(=O)c1cc(F)cc(-c2cc(C(=O)Nc3ccc(OC(F)(F)F)cc3)cnc2N2CCCC2)c1. The fourth-order valence-electron chi connectivity index (χ4n) is 3.90. The fourth-order valence-corrected chi connectivity index (χ4v) is 3.90. The Kier molecular flexibility index (Phi) is 7.09. The first-order valence-corrected chi connectivity index (χ1v) is 10.9. The van der Waals surface area contributed by atoms with Gasteiger partial charge in [-0.25, -0.2) is 14.2 Å². The van der Waals surface area contributed by atoms with Gasteiger partial charge in [0.05, 0.1) is 18.2 Å². The number of rotatable bonds is 6. The molecule has 0 unspecified atom stereocenters. The fraction of sp³-hybridized carbons (Fsp3) is 0.240.